The molecule has 0 saturated carbocycles. The van der Waals surface area contributed by atoms with Gasteiger partial charge in [-0.3, -0.25) is 4.90 Å². The van der Waals surface area contributed by atoms with Gasteiger partial charge >= 0.3 is 0 Å². The zero-order valence-electron chi connectivity index (χ0n) is 13.6. The van der Waals surface area contributed by atoms with Crippen LogP contribution in [0.4, 0.5) is 0 Å². The van der Waals surface area contributed by atoms with E-state index in [2.05, 4.69) is 43.1 Å². The van der Waals surface area contributed by atoms with Crippen molar-refractivity contribution in [3.63, 3.8) is 0 Å². The zero-order valence-corrected chi connectivity index (χ0v) is 14.4. The summed E-state index contributed by atoms with van der Waals surface area (Å²) in [5.41, 5.74) is 1.38. The first-order valence-corrected chi connectivity index (χ1v) is 8.73. The van der Waals surface area contributed by atoms with Crippen molar-refractivity contribution >= 4 is 11.6 Å². The lowest BCUT2D eigenvalue weighted by Crippen LogP contribution is -2.58. The molecule has 1 N–H and O–H groups in total. The molecule has 0 spiro atoms. The second-order valence-electron chi connectivity index (χ2n) is 6.33. The molecule has 2 rings (SSSR count). The monoisotopic (exact) mass is 308 g/mol. The van der Waals surface area contributed by atoms with Gasteiger partial charge in [0.1, 0.15) is 0 Å². The molecular formula is C18H29ClN2. The van der Waals surface area contributed by atoms with E-state index >= 15 is 0 Å². The molecule has 1 aliphatic heterocycles. The van der Waals surface area contributed by atoms with Crippen molar-refractivity contribution in [1.29, 1.82) is 0 Å². The van der Waals surface area contributed by atoms with Gasteiger partial charge in [-0.2, -0.15) is 0 Å². The molecule has 1 aromatic rings. The van der Waals surface area contributed by atoms with Crippen molar-refractivity contribution in [2.75, 3.05) is 19.6 Å². The quantitative estimate of drug-likeness (QED) is 0.855. The van der Waals surface area contributed by atoms with Gasteiger partial charge in [-0.1, -0.05) is 50.9 Å². The molecule has 2 nitrogen and oxygen atoms in total. The summed E-state index contributed by atoms with van der Waals surface area (Å²) in [6.45, 7) is 10.4. The van der Waals surface area contributed by atoms with Crippen molar-refractivity contribution in [1.82, 2.24) is 10.2 Å². The van der Waals surface area contributed by atoms with E-state index in [9.17, 15) is 0 Å². The van der Waals surface area contributed by atoms with E-state index in [0.29, 0.717) is 12.1 Å². The first kappa shape index (κ1) is 16.8. The Bertz CT molecular complexity index is 418. The third kappa shape index (κ3) is 4.70. The van der Waals surface area contributed by atoms with Crippen LogP contribution in [0, 0.1) is 5.92 Å². The molecule has 3 heteroatoms. The normalized spacial score (nSPS) is 25.0. The molecule has 1 saturated heterocycles. The number of piperazine rings is 1. The summed E-state index contributed by atoms with van der Waals surface area (Å²) in [4.78, 5) is 2.68. The van der Waals surface area contributed by atoms with Gasteiger partial charge in [0.2, 0.25) is 0 Å². The zero-order chi connectivity index (χ0) is 15.2. The van der Waals surface area contributed by atoms with Gasteiger partial charge < -0.3 is 5.32 Å². The molecule has 1 heterocycles. The summed E-state index contributed by atoms with van der Waals surface area (Å²) >= 11 is 5.96. The van der Waals surface area contributed by atoms with Gasteiger partial charge in [-0.25, -0.2) is 0 Å². The topological polar surface area (TPSA) is 15.3 Å². The van der Waals surface area contributed by atoms with E-state index in [1.165, 1.54) is 24.9 Å². The van der Waals surface area contributed by atoms with Crippen LogP contribution in [-0.2, 0) is 6.42 Å². The van der Waals surface area contributed by atoms with Gasteiger partial charge in [0.25, 0.3) is 0 Å². The second kappa shape index (κ2) is 8.17. The Morgan fingerprint density at radius 1 is 1.29 bits per heavy atom. The highest BCUT2D eigenvalue weighted by molar-refractivity contribution is 6.30. The van der Waals surface area contributed by atoms with E-state index in [4.69, 9.17) is 11.6 Å². The first-order chi connectivity index (χ1) is 10.1. The number of nitrogens with zero attached hydrogens (tertiary/aromatic N) is 1. The van der Waals surface area contributed by atoms with Crippen LogP contribution in [0.25, 0.3) is 0 Å². The van der Waals surface area contributed by atoms with E-state index in [0.717, 1.165) is 30.5 Å². The van der Waals surface area contributed by atoms with Crippen LogP contribution in [-0.4, -0.2) is 36.6 Å². The molecule has 118 valence electrons. The molecule has 3 atom stereocenters. The van der Waals surface area contributed by atoms with Gasteiger partial charge in [0, 0.05) is 36.7 Å². The van der Waals surface area contributed by atoms with Crippen molar-refractivity contribution in [2.45, 2.75) is 52.1 Å². The van der Waals surface area contributed by atoms with Crippen LogP contribution >= 0.6 is 11.6 Å². The van der Waals surface area contributed by atoms with E-state index in [1.807, 2.05) is 12.1 Å². The summed E-state index contributed by atoms with van der Waals surface area (Å²) in [7, 11) is 0. The second-order valence-corrected chi connectivity index (χ2v) is 6.77. The highest BCUT2D eigenvalue weighted by Crippen LogP contribution is 2.18. The smallest absolute Gasteiger partial charge is 0.0406 e. The Hall–Kier alpha value is -0.570. The van der Waals surface area contributed by atoms with Crippen molar-refractivity contribution in [3.8, 4) is 0 Å². The average molecular weight is 309 g/mol. The number of hydrogen-bond donors (Lipinski definition) is 1. The molecule has 0 aliphatic carbocycles. The van der Waals surface area contributed by atoms with Crippen LogP contribution in [0.2, 0.25) is 5.02 Å². The summed E-state index contributed by atoms with van der Waals surface area (Å²) < 4.78 is 0. The summed E-state index contributed by atoms with van der Waals surface area (Å²) in [5, 5.41) is 4.57. The van der Waals surface area contributed by atoms with Gasteiger partial charge in [-0.15, -0.1) is 0 Å². The molecule has 0 bridgehead atoms. The maximum Gasteiger partial charge on any atom is 0.0406 e. The molecule has 0 radical (unpaired) electrons. The third-order valence-corrected chi connectivity index (χ3v) is 5.22. The minimum Gasteiger partial charge on any atom is -0.311 e. The Balaban J connectivity index is 1.92. The lowest BCUT2D eigenvalue weighted by atomic mass is 9.94. The standard InChI is InChI=1S/C18H29ClN2/c1-4-14(3)18-13-21(17(5-2)12-20-18)11-10-15-6-8-16(19)9-7-15/h6-9,14,17-18,20H,4-5,10-13H2,1-3H3. The fraction of sp³-hybridized carbons (Fsp3) is 0.667. The van der Waals surface area contributed by atoms with Crippen LogP contribution in [0.1, 0.15) is 39.2 Å². The lowest BCUT2D eigenvalue weighted by molar-refractivity contribution is 0.107. The van der Waals surface area contributed by atoms with E-state index in [1.54, 1.807) is 0 Å². The lowest BCUT2D eigenvalue weighted by Gasteiger charge is -2.42. The first-order valence-electron chi connectivity index (χ1n) is 8.35. The maximum atomic E-state index is 5.96. The van der Waals surface area contributed by atoms with E-state index in [-0.39, 0.29) is 0 Å². The van der Waals surface area contributed by atoms with Crippen molar-refractivity contribution < 1.29 is 0 Å². The molecule has 1 aliphatic rings. The summed E-state index contributed by atoms with van der Waals surface area (Å²) in [6, 6.07) is 9.61. The Kier molecular flexibility index (Phi) is 6.53. The number of benzene rings is 1. The number of rotatable bonds is 6. The Morgan fingerprint density at radius 3 is 2.62 bits per heavy atom. The van der Waals surface area contributed by atoms with Crippen LogP contribution in [0.3, 0.4) is 0 Å². The number of hydrogen-bond acceptors (Lipinski definition) is 2. The minimum absolute atomic E-state index is 0.642. The molecule has 1 aromatic carbocycles. The summed E-state index contributed by atoms with van der Waals surface area (Å²) in [6.07, 6.45) is 3.58. The minimum atomic E-state index is 0.642. The van der Waals surface area contributed by atoms with E-state index < -0.39 is 0 Å². The predicted molar refractivity (Wildman–Crippen MR) is 92.1 cm³/mol. The third-order valence-electron chi connectivity index (χ3n) is 4.97. The molecule has 0 amide bonds. The van der Waals surface area contributed by atoms with Crippen LogP contribution in [0.15, 0.2) is 24.3 Å². The highest BCUT2D eigenvalue weighted by atomic mass is 35.5. The molecule has 3 unspecified atom stereocenters. The van der Waals surface area contributed by atoms with Crippen LogP contribution in [0.5, 0.6) is 0 Å². The van der Waals surface area contributed by atoms with Crippen molar-refractivity contribution in [3.05, 3.63) is 34.9 Å². The summed E-state index contributed by atoms with van der Waals surface area (Å²) in [5.74, 6) is 0.751. The van der Waals surface area contributed by atoms with Gasteiger partial charge in [-0.05, 0) is 36.5 Å². The SMILES string of the molecule is CCC(C)C1CN(CCc2ccc(Cl)cc2)C(CC)CN1. The Labute approximate surface area is 134 Å². The largest absolute Gasteiger partial charge is 0.311 e. The van der Waals surface area contributed by atoms with Crippen LogP contribution < -0.4 is 5.32 Å². The fourth-order valence-electron chi connectivity index (χ4n) is 3.15. The average Bonchev–Trinajstić information content (AvgIpc) is 2.53. The van der Waals surface area contributed by atoms with Gasteiger partial charge in [0.15, 0.2) is 0 Å². The highest BCUT2D eigenvalue weighted by Gasteiger charge is 2.28. The number of halogens is 1. The van der Waals surface area contributed by atoms with Crippen molar-refractivity contribution in [2.24, 2.45) is 5.92 Å². The van der Waals surface area contributed by atoms with Gasteiger partial charge in [0.05, 0.1) is 0 Å². The predicted octanol–water partition coefficient (Wildman–Crippen LogP) is 3.98. The molecular weight excluding hydrogens is 280 g/mol. The molecule has 1 fully saturated rings. The molecule has 0 aromatic heterocycles. The Morgan fingerprint density at radius 2 is 2.00 bits per heavy atom. The fourth-order valence-corrected chi connectivity index (χ4v) is 3.27. The molecule has 21 heavy (non-hydrogen) atoms. The number of nitrogens with one attached hydrogen (secondary N) is 1. The maximum absolute atomic E-state index is 5.96.